The van der Waals surface area contributed by atoms with Crippen molar-refractivity contribution in [2.45, 2.75) is 174 Å². The van der Waals surface area contributed by atoms with Gasteiger partial charge in [-0.3, -0.25) is 0 Å². The van der Waals surface area contributed by atoms with Crippen LogP contribution in [0.1, 0.15) is 113 Å². The van der Waals surface area contributed by atoms with Gasteiger partial charge in [0.25, 0.3) is 0 Å². The van der Waals surface area contributed by atoms with E-state index < -0.39 is 149 Å². The van der Waals surface area contributed by atoms with Gasteiger partial charge in [-0.1, -0.05) is 143 Å². The van der Waals surface area contributed by atoms with Gasteiger partial charge in [0.15, 0.2) is 0 Å². The lowest BCUT2D eigenvalue weighted by molar-refractivity contribution is -0.231. The second-order valence-electron chi connectivity index (χ2n) is 29.2. The third-order valence-electron chi connectivity index (χ3n) is 21.5. The van der Waals surface area contributed by atoms with Gasteiger partial charge in [-0.25, -0.2) is 0 Å². The topological polar surface area (TPSA) is 398 Å². The number of ether oxygens (including phenoxy) is 8. The molecule has 1 unspecified atom stereocenters. The van der Waals surface area contributed by atoms with Crippen LogP contribution in [0.25, 0.3) is 0 Å². The van der Waals surface area contributed by atoms with E-state index in [1.54, 1.807) is 72.8 Å². The van der Waals surface area contributed by atoms with Gasteiger partial charge < -0.3 is 120 Å². The Morgan fingerprint density at radius 2 is 0.421 bits per heavy atom. The summed E-state index contributed by atoms with van der Waals surface area (Å²) in [5.74, 6) is 2.06. The van der Waals surface area contributed by atoms with Crippen LogP contribution in [0.2, 0.25) is 20.1 Å². The highest BCUT2D eigenvalue weighted by atomic mass is 35.5. The maximum atomic E-state index is 10.9. The summed E-state index contributed by atoms with van der Waals surface area (Å²) in [5.41, 5.74) is 11.0. The van der Waals surface area contributed by atoms with E-state index in [0.717, 1.165) is 44.5 Å². The molecule has 4 heterocycles. The van der Waals surface area contributed by atoms with Crippen LogP contribution in [0.3, 0.4) is 0 Å². The standard InChI is InChI=1S/C86H90Cl4O24/c87-63-21-9-47(83-79(103)75(99)71(95)67(35-91)111-83)29-51(63)25-43-1-13-59(14-2-43)107-39-55-33-57(41-109-61-17-5-45(6-18-61)27-53-31-49(11-23-65(53)89)85-81(105)77(101)73(97)69(37-93)113-85)58(42-110-62-19-7-46(8-20-62)28-54-32-50(12-24-66(54)90)86-82(106)78(102)74(98)70(38-94)114-86)34-56(55)40-108-60-15-3-44(4-16-60)26-52-30-48(10-22-64(52)88)84-80(104)76(100)72(96)68(36-92)112-84/h1-24,29-34,67-86,91-106H,25-28,35-42H2/t67-,68-,69-,70-,71-,72-,73-,74-,75+,76+,77+,78+,79-,80-,81-,82-,83-,84?,85+,86+/m1/s1. The van der Waals surface area contributed by atoms with Crippen LogP contribution in [-0.4, -0.2) is 206 Å². The Bertz CT molecular complexity index is 4110. The van der Waals surface area contributed by atoms with E-state index in [4.69, 9.17) is 84.3 Å². The van der Waals surface area contributed by atoms with Crippen LogP contribution in [0, 0.1) is 0 Å². The van der Waals surface area contributed by atoms with E-state index in [9.17, 15) is 81.7 Å². The van der Waals surface area contributed by atoms with E-state index in [1.807, 2.05) is 109 Å². The Kier molecular flexibility index (Phi) is 28.0. The van der Waals surface area contributed by atoms with Crippen molar-refractivity contribution < 1.29 is 120 Å². The van der Waals surface area contributed by atoms with Crippen LogP contribution in [0.4, 0.5) is 0 Å². The Labute approximate surface area is 676 Å². The summed E-state index contributed by atoms with van der Waals surface area (Å²) in [6.07, 6.45) is -25.6. The Morgan fingerprint density at radius 1 is 0.228 bits per heavy atom. The molecule has 0 spiro atoms. The first-order valence-corrected chi connectivity index (χ1v) is 38.7. The molecule has 4 fully saturated rings. The van der Waals surface area contributed by atoms with E-state index in [0.29, 0.717) is 113 Å². The molecule has 20 atom stereocenters. The van der Waals surface area contributed by atoms with E-state index in [2.05, 4.69) is 0 Å². The van der Waals surface area contributed by atoms with Crippen molar-refractivity contribution >= 4 is 46.4 Å². The molecule has 13 rings (SSSR count). The second-order valence-corrected chi connectivity index (χ2v) is 30.9. The Hall–Kier alpha value is -7.46. The molecule has 28 heteroatoms. The fourth-order valence-electron chi connectivity index (χ4n) is 14.8. The minimum Gasteiger partial charge on any atom is -0.489 e. The summed E-state index contributed by atoms with van der Waals surface area (Å²) in [7, 11) is 0. The summed E-state index contributed by atoms with van der Waals surface area (Å²) >= 11 is 27.0. The van der Waals surface area contributed by atoms with Crippen molar-refractivity contribution in [3.05, 3.63) is 291 Å². The number of aliphatic hydroxyl groups excluding tert-OH is 16. The molecule has 4 aliphatic heterocycles. The highest BCUT2D eigenvalue weighted by molar-refractivity contribution is 6.32. The molecule has 114 heavy (non-hydrogen) atoms. The van der Waals surface area contributed by atoms with Crippen molar-refractivity contribution in [3.8, 4) is 23.0 Å². The van der Waals surface area contributed by atoms with Gasteiger partial charge in [-0.2, -0.15) is 0 Å². The second kappa shape index (κ2) is 37.9. The minimum absolute atomic E-state index is 0.0345. The monoisotopic (exact) mass is 1650 g/mol. The van der Waals surface area contributed by atoms with Crippen LogP contribution >= 0.6 is 46.4 Å². The third-order valence-corrected chi connectivity index (χ3v) is 23.0. The molecule has 0 radical (unpaired) electrons. The molecule has 9 aromatic carbocycles. The zero-order valence-corrected chi connectivity index (χ0v) is 64.3. The molecular weight excluding hydrogens is 1560 g/mol. The van der Waals surface area contributed by atoms with Crippen molar-refractivity contribution in [2.24, 2.45) is 0 Å². The maximum absolute atomic E-state index is 10.9. The number of benzene rings is 9. The van der Waals surface area contributed by atoms with Crippen LogP contribution in [0.5, 0.6) is 23.0 Å². The molecule has 9 aromatic rings. The Morgan fingerprint density at radius 3 is 0.605 bits per heavy atom. The number of halogens is 4. The first kappa shape index (κ1) is 84.5. The lowest BCUT2D eigenvalue weighted by atomic mass is 9.90. The predicted octanol–water partition coefficient (Wildman–Crippen LogP) is 7.04. The average molecular weight is 1650 g/mol. The normalized spacial score (nSPS) is 27.8. The zero-order valence-electron chi connectivity index (χ0n) is 61.3. The number of hydrogen-bond acceptors (Lipinski definition) is 24. The van der Waals surface area contributed by atoms with Gasteiger partial charge in [-0.05, 0) is 200 Å². The molecule has 606 valence electrons. The molecule has 0 aliphatic carbocycles. The lowest BCUT2D eigenvalue weighted by Crippen LogP contribution is -2.55. The maximum Gasteiger partial charge on any atom is 0.119 e. The van der Waals surface area contributed by atoms with Gasteiger partial charge in [0.2, 0.25) is 0 Å². The summed E-state index contributed by atoms with van der Waals surface area (Å²) in [6, 6.07) is 53.9. The molecule has 0 aromatic heterocycles. The first-order chi connectivity index (χ1) is 54.9. The van der Waals surface area contributed by atoms with Crippen molar-refractivity contribution in [1.29, 1.82) is 0 Å². The van der Waals surface area contributed by atoms with Gasteiger partial charge in [0, 0.05) is 20.1 Å². The van der Waals surface area contributed by atoms with Crippen molar-refractivity contribution in [2.75, 3.05) is 26.4 Å². The highest BCUT2D eigenvalue weighted by Crippen LogP contribution is 2.41. The van der Waals surface area contributed by atoms with E-state index in [1.165, 1.54) is 0 Å². The average Bonchev–Trinajstić information content (AvgIpc) is 0.798. The summed E-state index contributed by atoms with van der Waals surface area (Å²) in [4.78, 5) is 0. The molecule has 0 amide bonds. The predicted molar refractivity (Wildman–Crippen MR) is 417 cm³/mol. The fourth-order valence-corrected chi connectivity index (χ4v) is 15.5. The minimum atomic E-state index is -1.57. The van der Waals surface area contributed by atoms with Gasteiger partial charge in [-0.15, -0.1) is 0 Å². The zero-order chi connectivity index (χ0) is 80.8. The lowest BCUT2D eigenvalue weighted by Gasteiger charge is -2.40. The smallest absolute Gasteiger partial charge is 0.119 e. The quantitative estimate of drug-likeness (QED) is 0.0234. The Balaban J connectivity index is 0.777. The number of aliphatic hydroxyl groups is 16. The van der Waals surface area contributed by atoms with Crippen LogP contribution in [0.15, 0.2) is 182 Å². The van der Waals surface area contributed by atoms with Crippen molar-refractivity contribution in [1.82, 2.24) is 0 Å². The molecule has 0 bridgehead atoms. The molecule has 0 saturated carbocycles. The molecular formula is C86H90Cl4O24. The fraction of sp³-hybridized carbons (Fsp3) is 0.372. The molecule has 4 saturated heterocycles. The van der Waals surface area contributed by atoms with Crippen LogP contribution < -0.4 is 18.9 Å². The van der Waals surface area contributed by atoms with Gasteiger partial charge in [0.1, 0.15) is 172 Å². The SMILES string of the molecule is OC[C@H]1O[C@H](c2ccc(Cl)c(Cc3ccc(OCc4cc(COc5ccc(Cc6cc([C@@H]7O[C@H](CO)[C@@H](O)[C@H](O)[C@H]7O)ccc6Cl)cc5)c(COc5ccc(Cc6cc([C@@H]7O[C@H](CO)[C@@H](O)[C@H](O)[C@H]7O)ccc6Cl)cc5)cc4COc4ccc(Cc5cc(C6O[C@H](CO)[C@@H](O)[C@H](O)[C@H]6O)ccc5Cl)cc4)cc3)c2)[C@H](O)[C@@H](O)[C@@H]1O. The van der Waals surface area contributed by atoms with E-state index in [-0.39, 0.29) is 26.4 Å². The summed E-state index contributed by atoms with van der Waals surface area (Å²) < 4.78 is 49.9. The molecule has 4 aliphatic rings. The van der Waals surface area contributed by atoms with E-state index >= 15 is 0 Å². The third kappa shape index (κ3) is 19.4. The van der Waals surface area contributed by atoms with Crippen LogP contribution in [-0.2, 0) is 71.1 Å². The first-order valence-electron chi connectivity index (χ1n) is 37.2. The largest absolute Gasteiger partial charge is 0.489 e. The summed E-state index contributed by atoms with van der Waals surface area (Å²) in [6.45, 7) is -2.18. The highest BCUT2D eigenvalue weighted by Gasteiger charge is 2.48. The van der Waals surface area contributed by atoms with Gasteiger partial charge in [0.05, 0.1) is 26.4 Å². The van der Waals surface area contributed by atoms with Gasteiger partial charge >= 0.3 is 0 Å². The molecule has 16 N–H and O–H groups in total. The van der Waals surface area contributed by atoms with Crippen molar-refractivity contribution in [3.63, 3.8) is 0 Å². The number of hydrogen-bond donors (Lipinski definition) is 16. The number of rotatable bonds is 28. The summed E-state index contributed by atoms with van der Waals surface area (Å²) in [5, 5.41) is 169. The molecule has 24 nitrogen and oxygen atoms in total.